The van der Waals surface area contributed by atoms with Crippen molar-refractivity contribution in [2.45, 2.75) is 13.5 Å². The zero-order chi connectivity index (χ0) is 17.7. The zero-order valence-electron chi connectivity index (χ0n) is 14.1. The van der Waals surface area contributed by atoms with Crippen LogP contribution in [0.2, 0.25) is 0 Å². The lowest BCUT2D eigenvalue weighted by Gasteiger charge is -2.14. The third kappa shape index (κ3) is 3.76. The molecule has 0 heterocycles. The number of amides is 1. The third-order valence-corrected chi connectivity index (χ3v) is 3.62. The summed E-state index contributed by atoms with van der Waals surface area (Å²) >= 11 is 0. The molecule has 0 aliphatic rings. The lowest BCUT2D eigenvalue weighted by Crippen LogP contribution is -2.23. The van der Waals surface area contributed by atoms with Crippen molar-refractivity contribution in [3.05, 3.63) is 52.8 Å². The van der Waals surface area contributed by atoms with Crippen molar-refractivity contribution in [3.8, 4) is 17.2 Å². The van der Waals surface area contributed by atoms with Crippen LogP contribution in [0.3, 0.4) is 0 Å². The van der Waals surface area contributed by atoms with Crippen molar-refractivity contribution in [2.75, 3.05) is 21.3 Å². The Morgan fingerprint density at radius 2 is 1.67 bits per heavy atom. The molecule has 0 saturated heterocycles. The highest BCUT2D eigenvalue weighted by Gasteiger charge is 2.16. The predicted molar refractivity (Wildman–Crippen MR) is 88.4 cm³/mol. The Bertz CT molecular complexity index is 721. The number of aryl methyl sites for hydroxylation is 1. The largest absolute Gasteiger partial charge is 0.493 e. The molecule has 2 aromatic rings. The summed E-state index contributed by atoms with van der Waals surface area (Å²) in [6.45, 7) is 1.90. The molecule has 0 aromatic heterocycles. The average Bonchev–Trinajstić information content (AvgIpc) is 2.60. The minimum Gasteiger partial charge on any atom is -0.493 e. The van der Waals surface area contributed by atoms with E-state index in [1.165, 1.54) is 27.4 Å². The molecule has 1 N–H and O–H groups in total. The van der Waals surface area contributed by atoms with Crippen LogP contribution in [0.25, 0.3) is 0 Å². The number of benzene rings is 2. The van der Waals surface area contributed by atoms with E-state index in [0.29, 0.717) is 33.9 Å². The second-order valence-corrected chi connectivity index (χ2v) is 5.18. The first-order chi connectivity index (χ1) is 11.5. The molecule has 128 valence electrons. The van der Waals surface area contributed by atoms with Gasteiger partial charge in [0, 0.05) is 12.1 Å². The molecule has 2 rings (SSSR count). The molecule has 0 aliphatic carbocycles. The first kappa shape index (κ1) is 17.6. The second-order valence-electron chi connectivity index (χ2n) is 5.18. The van der Waals surface area contributed by atoms with E-state index in [1.54, 1.807) is 31.2 Å². The molecular weight excluding hydrogens is 313 g/mol. The zero-order valence-corrected chi connectivity index (χ0v) is 14.1. The van der Waals surface area contributed by atoms with Gasteiger partial charge in [0.1, 0.15) is 5.82 Å². The first-order valence-electron chi connectivity index (χ1n) is 7.33. The number of ether oxygens (including phenoxy) is 3. The average molecular weight is 333 g/mol. The van der Waals surface area contributed by atoms with Gasteiger partial charge in [-0.25, -0.2) is 4.39 Å². The lowest BCUT2D eigenvalue weighted by atomic mass is 10.1. The van der Waals surface area contributed by atoms with Crippen molar-refractivity contribution < 1.29 is 23.4 Å². The Morgan fingerprint density at radius 1 is 1.04 bits per heavy atom. The fraction of sp³-hybridized carbons (Fsp3) is 0.278. The van der Waals surface area contributed by atoms with Gasteiger partial charge in [-0.15, -0.1) is 0 Å². The number of carbonyl (C=O) groups is 1. The Hall–Kier alpha value is -2.76. The van der Waals surface area contributed by atoms with Gasteiger partial charge in [-0.2, -0.15) is 0 Å². The molecule has 0 unspecified atom stereocenters. The molecule has 1 amide bonds. The smallest absolute Gasteiger partial charge is 0.251 e. The predicted octanol–water partition coefficient (Wildman–Crippen LogP) is 3.09. The van der Waals surface area contributed by atoms with E-state index in [1.807, 2.05) is 0 Å². The van der Waals surface area contributed by atoms with Crippen molar-refractivity contribution in [2.24, 2.45) is 0 Å². The first-order valence-corrected chi connectivity index (χ1v) is 7.33. The van der Waals surface area contributed by atoms with Crippen molar-refractivity contribution in [3.63, 3.8) is 0 Å². The van der Waals surface area contributed by atoms with Crippen molar-refractivity contribution >= 4 is 5.91 Å². The van der Waals surface area contributed by atoms with E-state index < -0.39 is 0 Å². The maximum atomic E-state index is 13.5. The minimum absolute atomic E-state index is 0.215. The van der Waals surface area contributed by atoms with Gasteiger partial charge in [-0.1, -0.05) is 12.1 Å². The van der Waals surface area contributed by atoms with Crippen LogP contribution in [0.15, 0.2) is 30.3 Å². The number of hydrogen-bond acceptors (Lipinski definition) is 4. The highest BCUT2D eigenvalue weighted by atomic mass is 19.1. The van der Waals surface area contributed by atoms with Gasteiger partial charge in [0.25, 0.3) is 5.91 Å². The summed E-state index contributed by atoms with van der Waals surface area (Å²) in [5, 5.41) is 2.74. The summed E-state index contributed by atoms with van der Waals surface area (Å²) in [4.78, 5) is 12.3. The quantitative estimate of drug-likeness (QED) is 0.883. The molecule has 0 spiro atoms. The number of hydrogen-bond donors (Lipinski definition) is 1. The number of nitrogens with one attached hydrogen (secondary N) is 1. The number of methoxy groups -OCH3 is 3. The minimum atomic E-state index is -0.324. The van der Waals surface area contributed by atoms with Crippen molar-refractivity contribution in [1.82, 2.24) is 5.32 Å². The van der Waals surface area contributed by atoms with E-state index in [0.717, 1.165) is 0 Å². The van der Waals surface area contributed by atoms with Crippen LogP contribution in [-0.2, 0) is 6.54 Å². The van der Waals surface area contributed by atoms with Crippen LogP contribution >= 0.6 is 0 Å². The summed E-state index contributed by atoms with van der Waals surface area (Å²) in [5.74, 6) is 0.577. The maximum Gasteiger partial charge on any atom is 0.251 e. The monoisotopic (exact) mass is 333 g/mol. The molecule has 0 radical (unpaired) electrons. The van der Waals surface area contributed by atoms with Crippen LogP contribution in [-0.4, -0.2) is 27.2 Å². The fourth-order valence-corrected chi connectivity index (χ4v) is 2.24. The summed E-state index contributed by atoms with van der Waals surface area (Å²) in [5.41, 5.74) is 1.60. The second kappa shape index (κ2) is 7.68. The SMILES string of the molecule is COc1cc(C(=O)NCc2ccc(C)c(F)c2)cc(OC)c1OC. The highest BCUT2D eigenvalue weighted by molar-refractivity contribution is 5.95. The molecule has 0 atom stereocenters. The molecule has 0 saturated carbocycles. The normalized spacial score (nSPS) is 10.2. The van der Waals surface area contributed by atoms with Crippen LogP contribution in [0, 0.1) is 12.7 Å². The summed E-state index contributed by atoms with van der Waals surface area (Å²) in [7, 11) is 4.45. The van der Waals surface area contributed by atoms with Gasteiger partial charge in [0.05, 0.1) is 21.3 Å². The van der Waals surface area contributed by atoms with Gasteiger partial charge >= 0.3 is 0 Å². The topological polar surface area (TPSA) is 56.8 Å². The molecular formula is C18H20FNO4. The molecule has 6 heteroatoms. The molecule has 0 bridgehead atoms. The van der Waals surface area contributed by atoms with E-state index in [4.69, 9.17) is 14.2 Å². The maximum absolute atomic E-state index is 13.5. The molecule has 5 nitrogen and oxygen atoms in total. The standard InChI is InChI=1S/C18H20FNO4/c1-11-5-6-12(7-14(11)19)10-20-18(21)13-8-15(22-2)17(24-4)16(9-13)23-3/h5-9H,10H2,1-4H3,(H,20,21). The van der Waals surface area contributed by atoms with E-state index in [9.17, 15) is 9.18 Å². The summed E-state index contributed by atoms with van der Waals surface area (Å²) in [6.07, 6.45) is 0. The van der Waals surface area contributed by atoms with Crippen LogP contribution in [0.4, 0.5) is 4.39 Å². The van der Waals surface area contributed by atoms with Crippen LogP contribution in [0.1, 0.15) is 21.5 Å². The summed E-state index contributed by atoms with van der Waals surface area (Å²) in [6, 6.07) is 7.98. The van der Waals surface area contributed by atoms with Gasteiger partial charge in [0.15, 0.2) is 11.5 Å². The Labute approximate surface area is 140 Å². The number of halogens is 1. The highest BCUT2D eigenvalue weighted by Crippen LogP contribution is 2.38. The Morgan fingerprint density at radius 3 is 2.17 bits per heavy atom. The fourth-order valence-electron chi connectivity index (χ4n) is 2.24. The van der Waals surface area contributed by atoms with Crippen LogP contribution in [0.5, 0.6) is 17.2 Å². The van der Waals surface area contributed by atoms with Gasteiger partial charge in [-0.05, 0) is 36.2 Å². The third-order valence-electron chi connectivity index (χ3n) is 3.62. The summed E-state index contributed by atoms with van der Waals surface area (Å²) < 4.78 is 29.2. The number of carbonyl (C=O) groups excluding carboxylic acids is 1. The number of rotatable bonds is 6. The van der Waals surface area contributed by atoms with Crippen LogP contribution < -0.4 is 19.5 Å². The van der Waals surface area contributed by atoms with Gasteiger partial charge in [-0.3, -0.25) is 4.79 Å². The van der Waals surface area contributed by atoms with Gasteiger partial charge < -0.3 is 19.5 Å². The van der Waals surface area contributed by atoms with Gasteiger partial charge in [0.2, 0.25) is 5.75 Å². The molecule has 2 aromatic carbocycles. The van der Waals surface area contributed by atoms with Crippen molar-refractivity contribution in [1.29, 1.82) is 0 Å². The van der Waals surface area contributed by atoms with E-state index >= 15 is 0 Å². The Kier molecular flexibility index (Phi) is 5.63. The lowest BCUT2D eigenvalue weighted by molar-refractivity contribution is 0.0950. The molecule has 24 heavy (non-hydrogen) atoms. The van der Waals surface area contributed by atoms with E-state index in [-0.39, 0.29) is 18.3 Å². The Balaban J connectivity index is 2.18. The van der Waals surface area contributed by atoms with E-state index in [2.05, 4.69) is 5.32 Å². The molecule has 0 aliphatic heterocycles. The molecule has 0 fully saturated rings.